The molecular formula is C7H10NP. The van der Waals surface area contributed by atoms with Gasteiger partial charge < -0.3 is 0 Å². The molecule has 48 valence electrons. The molecule has 2 heteroatoms. The second-order valence-corrected chi connectivity index (χ2v) is 3.76. The summed E-state index contributed by atoms with van der Waals surface area (Å²) >= 11 is 0. The van der Waals surface area contributed by atoms with E-state index in [2.05, 4.69) is 11.7 Å². The molecule has 0 bridgehead atoms. The Balaban J connectivity index is 2.35. The lowest BCUT2D eigenvalue weighted by molar-refractivity contribution is 1.15. The van der Waals surface area contributed by atoms with Crippen LogP contribution >= 0.6 is 8.35 Å². The van der Waals surface area contributed by atoms with Crippen LogP contribution in [0.1, 0.15) is 29.6 Å². The predicted molar refractivity (Wildman–Crippen MR) is 40.5 cm³/mol. The van der Waals surface area contributed by atoms with E-state index in [1.54, 1.807) is 5.30 Å². The van der Waals surface area contributed by atoms with Gasteiger partial charge in [-0.1, -0.05) is 0 Å². The number of nitrogens with zero attached hydrogens (tertiary/aromatic N) is 1. The number of aromatic nitrogens is 1. The number of hydrogen-bond acceptors (Lipinski definition) is 1. The normalized spacial score (nSPS) is 19.2. The SMILES string of the molecule is Cc1cn[pH]c1C1CC1. The lowest BCUT2D eigenvalue weighted by atomic mass is 10.2. The van der Waals surface area contributed by atoms with Gasteiger partial charge >= 0.3 is 0 Å². The Labute approximate surface area is 56.7 Å². The first-order valence-electron chi connectivity index (χ1n) is 3.38. The maximum Gasteiger partial charge on any atom is 0.0342 e. The van der Waals surface area contributed by atoms with Gasteiger partial charge in [-0.3, -0.25) is 0 Å². The molecule has 0 saturated heterocycles. The molecule has 0 radical (unpaired) electrons. The Morgan fingerprint density at radius 1 is 1.67 bits per heavy atom. The highest BCUT2D eigenvalue weighted by molar-refractivity contribution is 7.26. The van der Waals surface area contributed by atoms with Gasteiger partial charge in [0.25, 0.3) is 0 Å². The van der Waals surface area contributed by atoms with E-state index in [1.165, 1.54) is 18.4 Å². The minimum atomic E-state index is 0.772. The first-order chi connectivity index (χ1) is 4.38. The van der Waals surface area contributed by atoms with E-state index in [1.807, 2.05) is 6.20 Å². The Morgan fingerprint density at radius 2 is 2.44 bits per heavy atom. The molecule has 0 N–H and O–H groups in total. The van der Waals surface area contributed by atoms with Crippen molar-refractivity contribution in [2.75, 3.05) is 0 Å². The number of rotatable bonds is 1. The summed E-state index contributed by atoms with van der Waals surface area (Å²) in [5.41, 5.74) is 1.44. The molecule has 1 atom stereocenters. The Morgan fingerprint density at radius 3 is 2.89 bits per heavy atom. The molecule has 1 unspecified atom stereocenters. The van der Waals surface area contributed by atoms with Crippen LogP contribution in [-0.2, 0) is 0 Å². The molecule has 0 amide bonds. The van der Waals surface area contributed by atoms with Gasteiger partial charge in [-0.25, -0.2) is 4.75 Å². The van der Waals surface area contributed by atoms with Crippen molar-refractivity contribution >= 4 is 8.35 Å². The van der Waals surface area contributed by atoms with Crippen molar-refractivity contribution in [3.8, 4) is 0 Å². The van der Waals surface area contributed by atoms with Crippen LogP contribution in [0.15, 0.2) is 6.20 Å². The van der Waals surface area contributed by atoms with Gasteiger partial charge in [-0.2, -0.15) is 0 Å². The smallest absolute Gasteiger partial charge is 0.0342 e. The van der Waals surface area contributed by atoms with Crippen LogP contribution < -0.4 is 0 Å². The summed E-state index contributed by atoms with van der Waals surface area (Å²) in [6, 6.07) is 0. The highest BCUT2D eigenvalue weighted by Gasteiger charge is 2.25. The minimum Gasteiger partial charge on any atom is -0.248 e. The van der Waals surface area contributed by atoms with Crippen molar-refractivity contribution in [2.45, 2.75) is 25.7 Å². The van der Waals surface area contributed by atoms with Gasteiger partial charge in [-0.15, -0.1) is 0 Å². The molecule has 1 nitrogen and oxygen atoms in total. The van der Waals surface area contributed by atoms with Crippen molar-refractivity contribution in [1.82, 2.24) is 4.75 Å². The molecule has 1 aliphatic rings. The summed E-state index contributed by atoms with van der Waals surface area (Å²) in [5.74, 6) is 0.936. The molecule has 1 saturated carbocycles. The summed E-state index contributed by atoms with van der Waals surface area (Å²) in [4.78, 5) is 0. The van der Waals surface area contributed by atoms with Gasteiger partial charge in [0.2, 0.25) is 0 Å². The summed E-state index contributed by atoms with van der Waals surface area (Å²) < 4.78 is 4.24. The summed E-state index contributed by atoms with van der Waals surface area (Å²) in [7, 11) is 0.772. The highest BCUT2D eigenvalue weighted by Crippen LogP contribution is 2.44. The maximum atomic E-state index is 4.24. The molecule has 1 fully saturated rings. The van der Waals surface area contributed by atoms with E-state index < -0.39 is 0 Å². The quantitative estimate of drug-likeness (QED) is 0.581. The minimum absolute atomic E-state index is 0.772. The third-order valence-electron chi connectivity index (χ3n) is 1.85. The second-order valence-electron chi connectivity index (χ2n) is 2.74. The van der Waals surface area contributed by atoms with Crippen LogP contribution in [0.3, 0.4) is 0 Å². The van der Waals surface area contributed by atoms with E-state index in [0.29, 0.717) is 0 Å². The van der Waals surface area contributed by atoms with Gasteiger partial charge in [0.05, 0.1) is 0 Å². The molecule has 0 spiro atoms. The summed E-state index contributed by atoms with van der Waals surface area (Å²) in [6.07, 6.45) is 4.86. The van der Waals surface area contributed by atoms with Gasteiger partial charge in [0.15, 0.2) is 0 Å². The molecule has 0 aliphatic heterocycles. The van der Waals surface area contributed by atoms with Crippen LogP contribution in [0.5, 0.6) is 0 Å². The zero-order chi connectivity index (χ0) is 6.27. The molecule has 1 aliphatic carbocycles. The van der Waals surface area contributed by atoms with Crippen LogP contribution in [0.2, 0.25) is 0 Å². The molecule has 1 aromatic heterocycles. The molecular weight excluding hydrogens is 129 g/mol. The summed E-state index contributed by atoms with van der Waals surface area (Å²) in [5, 5.41) is 1.63. The summed E-state index contributed by atoms with van der Waals surface area (Å²) in [6.45, 7) is 2.18. The molecule has 9 heavy (non-hydrogen) atoms. The Hall–Kier alpha value is -0.290. The van der Waals surface area contributed by atoms with E-state index >= 15 is 0 Å². The van der Waals surface area contributed by atoms with Crippen LogP contribution in [0.25, 0.3) is 0 Å². The molecule has 1 heterocycles. The van der Waals surface area contributed by atoms with Crippen LogP contribution in [0.4, 0.5) is 0 Å². The fraction of sp³-hybridized carbons (Fsp3) is 0.571. The largest absolute Gasteiger partial charge is 0.248 e. The molecule has 0 aromatic carbocycles. The standard InChI is InChI=1S/C7H10NP/c1-5-4-8-9-7(5)6-2-3-6/h4,6,9H,2-3H2,1H3. The Kier molecular flexibility index (Phi) is 1.13. The van der Waals surface area contributed by atoms with E-state index in [4.69, 9.17) is 0 Å². The topological polar surface area (TPSA) is 12.9 Å². The monoisotopic (exact) mass is 139 g/mol. The average molecular weight is 139 g/mol. The van der Waals surface area contributed by atoms with Crippen molar-refractivity contribution in [2.24, 2.45) is 0 Å². The lowest BCUT2D eigenvalue weighted by Gasteiger charge is -1.89. The predicted octanol–water partition coefficient (Wildman–Crippen LogP) is 2.30. The van der Waals surface area contributed by atoms with Crippen molar-refractivity contribution in [1.29, 1.82) is 0 Å². The van der Waals surface area contributed by atoms with E-state index in [-0.39, 0.29) is 0 Å². The van der Waals surface area contributed by atoms with Gasteiger partial charge in [0.1, 0.15) is 0 Å². The average Bonchev–Trinajstić information content (AvgIpc) is 2.58. The van der Waals surface area contributed by atoms with Gasteiger partial charge in [-0.05, 0) is 44.9 Å². The Bertz CT molecular complexity index is 212. The highest BCUT2D eigenvalue weighted by atomic mass is 31.0. The van der Waals surface area contributed by atoms with Crippen molar-refractivity contribution in [3.63, 3.8) is 0 Å². The lowest BCUT2D eigenvalue weighted by Crippen LogP contribution is -1.71. The first kappa shape index (κ1) is 5.49. The van der Waals surface area contributed by atoms with Crippen LogP contribution in [-0.4, -0.2) is 4.75 Å². The molecule has 1 aromatic rings. The second kappa shape index (κ2) is 1.85. The maximum absolute atomic E-state index is 4.24. The van der Waals surface area contributed by atoms with Crippen molar-refractivity contribution in [3.05, 3.63) is 17.1 Å². The zero-order valence-corrected chi connectivity index (χ0v) is 6.52. The van der Waals surface area contributed by atoms with E-state index in [0.717, 1.165) is 14.3 Å². The number of hydrogen-bond donors (Lipinski definition) is 0. The third-order valence-corrected chi connectivity index (χ3v) is 3.16. The van der Waals surface area contributed by atoms with Crippen molar-refractivity contribution < 1.29 is 0 Å². The van der Waals surface area contributed by atoms with E-state index in [9.17, 15) is 0 Å². The third kappa shape index (κ3) is 0.900. The number of aryl methyl sites for hydroxylation is 1. The van der Waals surface area contributed by atoms with Crippen LogP contribution in [0, 0.1) is 6.92 Å². The molecule has 2 rings (SSSR count). The zero-order valence-electron chi connectivity index (χ0n) is 5.52. The fourth-order valence-corrected chi connectivity index (χ4v) is 2.25. The first-order valence-corrected chi connectivity index (χ1v) is 4.32. The fourth-order valence-electron chi connectivity index (χ4n) is 1.14. The van der Waals surface area contributed by atoms with Gasteiger partial charge in [0, 0.05) is 6.20 Å².